The van der Waals surface area contributed by atoms with Gasteiger partial charge in [-0.1, -0.05) is 6.42 Å². The molecule has 1 fully saturated rings. The molecular formula is C10H16N6. The molecule has 6 heteroatoms. The van der Waals surface area contributed by atoms with Gasteiger partial charge in [-0.2, -0.15) is 5.26 Å². The number of piperidine rings is 1. The van der Waals surface area contributed by atoms with Gasteiger partial charge in [-0.15, -0.1) is 5.10 Å². The zero-order chi connectivity index (χ0) is 11.2. The molecule has 2 heterocycles. The summed E-state index contributed by atoms with van der Waals surface area (Å²) < 4.78 is 1.73. The average Bonchev–Trinajstić information content (AvgIpc) is 2.75. The fraction of sp³-hybridized carbons (Fsp3) is 0.800. The molecule has 0 aliphatic carbocycles. The van der Waals surface area contributed by atoms with Gasteiger partial charge in [0, 0.05) is 0 Å². The number of rotatable bonds is 4. The van der Waals surface area contributed by atoms with Gasteiger partial charge in [0.05, 0.1) is 25.6 Å². The molecule has 1 aromatic heterocycles. The van der Waals surface area contributed by atoms with Crippen molar-refractivity contribution < 1.29 is 0 Å². The van der Waals surface area contributed by atoms with Crippen molar-refractivity contribution in [3.05, 3.63) is 5.82 Å². The smallest absolute Gasteiger partial charge is 0.165 e. The summed E-state index contributed by atoms with van der Waals surface area (Å²) in [6.45, 7) is 3.65. The van der Waals surface area contributed by atoms with Crippen LogP contribution in [0.2, 0.25) is 0 Å². The second-order valence-electron chi connectivity index (χ2n) is 4.06. The molecule has 0 unspecified atom stereocenters. The van der Waals surface area contributed by atoms with Crippen molar-refractivity contribution in [1.29, 1.82) is 5.26 Å². The number of aryl methyl sites for hydroxylation is 1. The van der Waals surface area contributed by atoms with Crippen molar-refractivity contribution in [2.45, 2.75) is 38.8 Å². The summed E-state index contributed by atoms with van der Waals surface area (Å²) >= 11 is 0. The summed E-state index contributed by atoms with van der Waals surface area (Å²) in [5, 5.41) is 20.1. The van der Waals surface area contributed by atoms with Gasteiger partial charge in [0.1, 0.15) is 0 Å². The van der Waals surface area contributed by atoms with Crippen LogP contribution in [0.5, 0.6) is 0 Å². The largest absolute Gasteiger partial charge is 0.296 e. The van der Waals surface area contributed by atoms with Crippen molar-refractivity contribution in [3.63, 3.8) is 0 Å². The standard InChI is InChI=1S/C10H16N6/c11-5-4-8-16-10(12-13-14-16)9-15-6-2-1-3-7-15/h1-4,6-9H2. The molecule has 16 heavy (non-hydrogen) atoms. The summed E-state index contributed by atoms with van der Waals surface area (Å²) in [6.07, 6.45) is 4.31. The van der Waals surface area contributed by atoms with E-state index in [2.05, 4.69) is 26.5 Å². The van der Waals surface area contributed by atoms with E-state index >= 15 is 0 Å². The first-order valence-corrected chi connectivity index (χ1v) is 5.74. The molecule has 1 aliphatic heterocycles. The van der Waals surface area contributed by atoms with Gasteiger partial charge < -0.3 is 0 Å². The molecule has 0 amide bonds. The summed E-state index contributed by atoms with van der Waals surface area (Å²) in [5.74, 6) is 0.872. The normalized spacial score (nSPS) is 17.2. The van der Waals surface area contributed by atoms with E-state index in [1.807, 2.05) is 0 Å². The van der Waals surface area contributed by atoms with Gasteiger partial charge in [0.2, 0.25) is 0 Å². The van der Waals surface area contributed by atoms with E-state index in [-0.39, 0.29) is 0 Å². The Kier molecular flexibility index (Phi) is 3.83. The maximum Gasteiger partial charge on any atom is 0.165 e. The lowest BCUT2D eigenvalue weighted by atomic mass is 10.1. The van der Waals surface area contributed by atoms with Gasteiger partial charge in [0.25, 0.3) is 0 Å². The second kappa shape index (κ2) is 5.56. The first-order chi connectivity index (χ1) is 7.90. The molecule has 86 valence electrons. The van der Waals surface area contributed by atoms with Crippen LogP contribution in [0, 0.1) is 11.3 Å². The third kappa shape index (κ3) is 2.76. The molecule has 1 saturated heterocycles. The Bertz CT molecular complexity index is 360. The maximum absolute atomic E-state index is 8.54. The Morgan fingerprint density at radius 1 is 1.25 bits per heavy atom. The van der Waals surface area contributed by atoms with E-state index in [0.29, 0.717) is 13.0 Å². The number of nitriles is 1. The summed E-state index contributed by atoms with van der Waals surface area (Å²) in [5.41, 5.74) is 0. The van der Waals surface area contributed by atoms with Crippen LogP contribution in [0.1, 0.15) is 31.5 Å². The van der Waals surface area contributed by atoms with Crippen LogP contribution in [0.3, 0.4) is 0 Å². The van der Waals surface area contributed by atoms with E-state index < -0.39 is 0 Å². The lowest BCUT2D eigenvalue weighted by Gasteiger charge is -2.25. The van der Waals surface area contributed by atoms with Crippen molar-refractivity contribution >= 4 is 0 Å². The van der Waals surface area contributed by atoms with E-state index in [1.54, 1.807) is 4.68 Å². The maximum atomic E-state index is 8.54. The minimum atomic E-state index is 0.456. The van der Waals surface area contributed by atoms with Crippen LogP contribution in [0.25, 0.3) is 0 Å². The molecule has 1 aliphatic rings. The molecule has 0 bridgehead atoms. The predicted molar refractivity (Wildman–Crippen MR) is 57.2 cm³/mol. The van der Waals surface area contributed by atoms with Crippen LogP contribution in [0.15, 0.2) is 0 Å². The minimum Gasteiger partial charge on any atom is -0.296 e. The molecule has 0 saturated carbocycles. The summed E-state index contributed by atoms with van der Waals surface area (Å²) in [6, 6.07) is 2.11. The quantitative estimate of drug-likeness (QED) is 0.742. The van der Waals surface area contributed by atoms with Crippen LogP contribution < -0.4 is 0 Å². The van der Waals surface area contributed by atoms with Gasteiger partial charge in [0.15, 0.2) is 5.82 Å². The minimum absolute atomic E-state index is 0.456. The Labute approximate surface area is 94.8 Å². The summed E-state index contributed by atoms with van der Waals surface area (Å²) in [7, 11) is 0. The first-order valence-electron chi connectivity index (χ1n) is 5.74. The van der Waals surface area contributed by atoms with Crippen LogP contribution in [0.4, 0.5) is 0 Å². The van der Waals surface area contributed by atoms with Crippen LogP contribution in [-0.4, -0.2) is 38.2 Å². The zero-order valence-electron chi connectivity index (χ0n) is 9.34. The molecule has 0 N–H and O–H groups in total. The number of hydrogen-bond acceptors (Lipinski definition) is 5. The van der Waals surface area contributed by atoms with Gasteiger partial charge >= 0.3 is 0 Å². The van der Waals surface area contributed by atoms with Crippen LogP contribution in [-0.2, 0) is 13.1 Å². The third-order valence-electron chi connectivity index (χ3n) is 2.86. The first kappa shape index (κ1) is 11.0. The predicted octanol–water partition coefficient (Wildman–Crippen LogP) is 0.573. The number of nitrogens with zero attached hydrogens (tertiary/aromatic N) is 6. The lowest BCUT2D eigenvalue weighted by Crippen LogP contribution is -2.30. The van der Waals surface area contributed by atoms with Crippen molar-refractivity contribution in [2.24, 2.45) is 0 Å². The highest BCUT2D eigenvalue weighted by atomic mass is 15.5. The Balaban J connectivity index is 1.92. The number of likely N-dealkylation sites (tertiary alicyclic amines) is 1. The topological polar surface area (TPSA) is 70.6 Å². The Morgan fingerprint density at radius 2 is 2.06 bits per heavy atom. The summed E-state index contributed by atoms with van der Waals surface area (Å²) in [4.78, 5) is 2.37. The highest BCUT2D eigenvalue weighted by molar-refractivity contribution is 4.83. The van der Waals surface area contributed by atoms with Crippen molar-refractivity contribution in [2.75, 3.05) is 13.1 Å². The molecule has 0 radical (unpaired) electrons. The van der Waals surface area contributed by atoms with Crippen molar-refractivity contribution in [3.8, 4) is 6.07 Å². The third-order valence-corrected chi connectivity index (χ3v) is 2.86. The molecule has 0 aromatic carbocycles. The van der Waals surface area contributed by atoms with E-state index in [4.69, 9.17) is 5.26 Å². The fourth-order valence-electron chi connectivity index (χ4n) is 1.98. The highest BCUT2D eigenvalue weighted by Crippen LogP contribution is 2.11. The lowest BCUT2D eigenvalue weighted by molar-refractivity contribution is 0.212. The van der Waals surface area contributed by atoms with Crippen molar-refractivity contribution in [1.82, 2.24) is 25.1 Å². The van der Waals surface area contributed by atoms with Gasteiger partial charge in [-0.05, 0) is 36.4 Å². The highest BCUT2D eigenvalue weighted by Gasteiger charge is 2.14. The van der Waals surface area contributed by atoms with E-state index in [9.17, 15) is 0 Å². The van der Waals surface area contributed by atoms with Gasteiger partial charge in [-0.25, -0.2) is 4.68 Å². The second-order valence-corrected chi connectivity index (χ2v) is 4.06. The number of aromatic nitrogens is 4. The zero-order valence-corrected chi connectivity index (χ0v) is 9.34. The molecule has 0 spiro atoms. The van der Waals surface area contributed by atoms with E-state index in [0.717, 1.165) is 25.5 Å². The van der Waals surface area contributed by atoms with Crippen LogP contribution >= 0.6 is 0 Å². The molecule has 1 aromatic rings. The molecule has 0 atom stereocenters. The van der Waals surface area contributed by atoms with Gasteiger partial charge in [-0.3, -0.25) is 4.90 Å². The SMILES string of the molecule is N#CCCn1nnnc1CN1CCCCC1. The monoisotopic (exact) mass is 220 g/mol. The number of hydrogen-bond donors (Lipinski definition) is 0. The van der Waals surface area contributed by atoms with E-state index in [1.165, 1.54) is 19.3 Å². The number of tetrazole rings is 1. The molecular weight excluding hydrogens is 204 g/mol. The fourth-order valence-corrected chi connectivity index (χ4v) is 1.98. The molecule has 2 rings (SSSR count). The Hall–Kier alpha value is -1.48. The molecule has 6 nitrogen and oxygen atoms in total. The average molecular weight is 220 g/mol. The Morgan fingerprint density at radius 3 is 2.81 bits per heavy atom.